The summed E-state index contributed by atoms with van der Waals surface area (Å²) < 4.78 is 40.8. The minimum atomic E-state index is -4.50. The van der Waals surface area contributed by atoms with Gasteiger partial charge in [-0.05, 0) is 31.2 Å². The van der Waals surface area contributed by atoms with E-state index >= 15 is 0 Å². The molecule has 0 fully saturated rings. The molecule has 128 valence electrons. The summed E-state index contributed by atoms with van der Waals surface area (Å²) >= 11 is 0. The van der Waals surface area contributed by atoms with Crippen LogP contribution >= 0.6 is 0 Å². The van der Waals surface area contributed by atoms with Crippen molar-refractivity contribution >= 4 is 11.8 Å². The van der Waals surface area contributed by atoms with Gasteiger partial charge in [-0.2, -0.15) is 18.2 Å². The minimum Gasteiger partial charge on any atom is -0.345 e. The van der Waals surface area contributed by atoms with Gasteiger partial charge < -0.3 is 15.2 Å². The number of halogens is 3. The normalized spacial score (nSPS) is 11.2. The maximum Gasteiger partial charge on any atom is 0.405 e. The van der Waals surface area contributed by atoms with Crippen LogP contribution in [-0.2, 0) is 4.79 Å². The number of alkyl halides is 3. The molecule has 0 aliphatic carbocycles. The predicted molar refractivity (Wildman–Crippen MR) is 75.9 cm³/mol. The smallest absolute Gasteiger partial charge is 0.345 e. The molecule has 0 radical (unpaired) electrons. The monoisotopic (exact) mass is 342 g/mol. The Morgan fingerprint density at radius 3 is 2.38 bits per heavy atom. The van der Waals surface area contributed by atoms with Gasteiger partial charge in [-0.15, -0.1) is 0 Å². The maximum atomic E-state index is 11.9. The first-order valence-electron chi connectivity index (χ1n) is 6.77. The zero-order valence-corrected chi connectivity index (χ0v) is 12.5. The summed E-state index contributed by atoms with van der Waals surface area (Å²) in [6.07, 6.45) is -4.50. The predicted octanol–water partition coefficient (Wildman–Crippen LogP) is 1.45. The van der Waals surface area contributed by atoms with Crippen LogP contribution in [0.5, 0.6) is 0 Å². The van der Waals surface area contributed by atoms with Gasteiger partial charge >= 0.3 is 6.18 Å². The fourth-order valence-corrected chi connectivity index (χ4v) is 1.70. The van der Waals surface area contributed by atoms with Crippen molar-refractivity contribution < 1.29 is 27.3 Å². The molecule has 10 heteroatoms. The summed E-state index contributed by atoms with van der Waals surface area (Å²) in [6.45, 7) is -0.335. The van der Waals surface area contributed by atoms with Crippen molar-refractivity contribution in [3.63, 3.8) is 0 Å². The molecule has 2 rings (SSSR count). The van der Waals surface area contributed by atoms with Crippen LogP contribution in [0.25, 0.3) is 11.5 Å². The van der Waals surface area contributed by atoms with E-state index in [9.17, 15) is 22.8 Å². The number of hydrogen-bond acceptors (Lipinski definition) is 5. The van der Waals surface area contributed by atoms with Crippen molar-refractivity contribution in [2.45, 2.75) is 13.1 Å². The molecule has 0 unspecified atom stereocenters. The first kappa shape index (κ1) is 17.4. The maximum absolute atomic E-state index is 11.9. The van der Waals surface area contributed by atoms with E-state index in [1.54, 1.807) is 24.4 Å². The minimum absolute atomic E-state index is 0.235. The van der Waals surface area contributed by atoms with Gasteiger partial charge in [0.05, 0.1) is 6.54 Å². The van der Waals surface area contributed by atoms with Crippen LogP contribution in [0.3, 0.4) is 0 Å². The van der Waals surface area contributed by atoms with Crippen LogP contribution in [0.1, 0.15) is 16.2 Å². The Morgan fingerprint density at radius 1 is 1.17 bits per heavy atom. The molecule has 24 heavy (non-hydrogen) atoms. The van der Waals surface area contributed by atoms with Gasteiger partial charge in [0.15, 0.2) is 5.82 Å². The molecule has 0 atom stereocenters. The van der Waals surface area contributed by atoms with E-state index in [0.717, 1.165) is 0 Å². The summed E-state index contributed by atoms with van der Waals surface area (Å²) in [5.74, 6) is -0.758. The van der Waals surface area contributed by atoms with Crippen LogP contribution < -0.4 is 10.6 Å². The fourth-order valence-electron chi connectivity index (χ4n) is 1.70. The highest BCUT2D eigenvalue weighted by molar-refractivity contribution is 5.96. The first-order chi connectivity index (χ1) is 11.2. The average Bonchev–Trinajstić information content (AvgIpc) is 2.96. The Bertz CT molecular complexity index is 726. The number of aromatic nitrogens is 2. The van der Waals surface area contributed by atoms with E-state index in [2.05, 4.69) is 15.5 Å². The molecular weight excluding hydrogens is 329 g/mol. The number of aryl methyl sites for hydroxylation is 1. The number of hydrogen-bond donors (Lipinski definition) is 2. The first-order valence-corrected chi connectivity index (χ1v) is 6.77. The van der Waals surface area contributed by atoms with Gasteiger partial charge in [0, 0.05) is 11.1 Å². The van der Waals surface area contributed by atoms with E-state index in [4.69, 9.17) is 4.52 Å². The number of amides is 2. The molecule has 1 aromatic carbocycles. The zero-order chi connectivity index (χ0) is 17.7. The number of nitrogens with zero attached hydrogens (tertiary/aromatic N) is 2. The second-order valence-electron chi connectivity index (χ2n) is 4.80. The van der Waals surface area contributed by atoms with Crippen LogP contribution in [0, 0.1) is 6.92 Å². The quantitative estimate of drug-likeness (QED) is 0.857. The summed E-state index contributed by atoms with van der Waals surface area (Å²) in [5.41, 5.74) is 0.841. The van der Waals surface area contributed by atoms with Crippen molar-refractivity contribution in [3.8, 4) is 11.5 Å². The van der Waals surface area contributed by atoms with Crippen LogP contribution in [0.15, 0.2) is 28.8 Å². The average molecular weight is 342 g/mol. The third-order valence-electron chi connectivity index (χ3n) is 2.82. The molecule has 0 saturated carbocycles. The van der Waals surface area contributed by atoms with E-state index in [1.165, 1.54) is 12.1 Å². The lowest BCUT2D eigenvalue weighted by atomic mass is 10.1. The second kappa shape index (κ2) is 7.11. The van der Waals surface area contributed by atoms with Crippen LogP contribution in [0.4, 0.5) is 13.2 Å². The number of benzene rings is 1. The lowest BCUT2D eigenvalue weighted by Gasteiger charge is -2.09. The van der Waals surface area contributed by atoms with Gasteiger partial charge in [-0.25, -0.2) is 0 Å². The van der Waals surface area contributed by atoms with Gasteiger partial charge in [0.25, 0.3) is 11.8 Å². The summed E-state index contributed by atoms with van der Waals surface area (Å²) in [6, 6.07) is 6.09. The molecule has 0 spiro atoms. The fraction of sp³-hybridized carbons (Fsp3) is 0.286. The Kier molecular flexibility index (Phi) is 5.17. The van der Waals surface area contributed by atoms with Crippen molar-refractivity contribution in [1.29, 1.82) is 0 Å². The third kappa shape index (κ3) is 5.07. The van der Waals surface area contributed by atoms with Gasteiger partial charge in [-0.3, -0.25) is 9.59 Å². The van der Waals surface area contributed by atoms with Crippen LogP contribution in [-0.4, -0.2) is 41.2 Å². The van der Waals surface area contributed by atoms with Crippen molar-refractivity contribution in [2.24, 2.45) is 0 Å². The largest absolute Gasteiger partial charge is 0.405 e. The highest BCUT2D eigenvalue weighted by Crippen LogP contribution is 2.17. The number of nitrogens with one attached hydrogen (secondary N) is 2. The Balaban J connectivity index is 1.87. The highest BCUT2D eigenvalue weighted by Gasteiger charge is 2.27. The Morgan fingerprint density at radius 2 is 1.83 bits per heavy atom. The molecular formula is C14H13F3N4O3. The highest BCUT2D eigenvalue weighted by atomic mass is 19.4. The van der Waals surface area contributed by atoms with Crippen molar-refractivity contribution in [1.82, 2.24) is 20.8 Å². The number of carbonyl (C=O) groups excluding carboxylic acids is 2. The lowest BCUT2D eigenvalue weighted by molar-refractivity contribution is -0.137. The van der Waals surface area contributed by atoms with E-state index in [-0.39, 0.29) is 5.56 Å². The molecule has 0 aliphatic heterocycles. The van der Waals surface area contributed by atoms with E-state index in [1.807, 2.05) is 0 Å². The molecule has 0 bridgehead atoms. The zero-order valence-electron chi connectivity index (χ0n) is 12.5. The Labute approximate surface area is 134 Å². The molecule has 1 heterocycles. The summed E-state index contributed by atoms with van der Waals surface area (Å²) in [7, 11) is 0. The van der Waals surface area contributed by atoms with E-state index in [0.29, 0.717) is 17.3 Å². The molecule has 0 aliphatic rings. The van der Waals surface area contributed by atoms with Gasteiger partial charge in [-0.1, -0.05) is 5.16 Å². The topological polar surface area (TPSA) is 97.1 Å². The number of carbonyl (C=O) groups is 2. The van der Waals surface area contributed by atoms with Crippen molar-refractivity contribution in [3.05, 3.63) is 35.7 Å². The Hall–Kier alpha value is -2.91. The standard InChI is InChI=1S/C14H13F3N4O3/c1-8-20-13(24-21-8)10-4-2-9(3-5-10)12(23)18-6-11(22)19-7-14(15,16)17/h2-5H,6-7H2,1H3,(H,18,23)(H,19,22). The molecule has 2 aromatic rings. The van der Waals surface area contributed by atoms with Gasteiger partial charge in [0.1, 0.15) is 6.54 Å². The van der Waals surface area contributed by atoms with Gasteiger partial charge in [0.2, 0.25) is 5.91 Å². The van der Waals surface area contributed by atoms with Crippen molar-refractivity contribution in [2.75, 3.05) is 13.1 Å². The second-order valence-corrected chi connectivity index (χ2v) is 4.80. The number of rotatable bonds is 5. The SMILES string of the molecule is Cc1noc(-c2ccc(C(=O)NCC(=O)NCC(F)(F)F)cc2)n1. The molecule has 2 N–H and O–H groups in total. The summed E-state index contributed by atoms with van der Waals surface area (Å²) in [5, 5.41) is 7.53. The summed E-state index contributed by atoms with van der Waals surface area (Å²) in [4.78, 5) is 27.1. The third-order valence-corrected chi connectivity index (χ3v) is 2.82. The van der Waals surface area contributed by atoms with Crippen LogP contribution in [0.2, 0.25) is 0 Å². The lowest BCUT2D eigenvalue weighted by Crippen LogP contribution is -2.40. The molecule has 1 aromatic heterocycles. The van der Waals surface area contributed by atoms with E-state index < -0.39 is 31.1 Å². The molecule has 0 saturated heterocycles. The molecule has 7 nitrogen and oxygen atoms in total. The molecule has 2 amide bonds.